The number of nitrogens with zero attached hydrogens (tertiary/aromatic N) is 1. The zero-order valence-corrected chi connectivity index (χ0v) is 10.6. The van der Waals surface area contributed by atoms with E-state index < -0.39 is 0 Å². The molecule has 1 unspecified atom stereocenters. The minimum Gasteiger partial charge on any atom is -0.305 e. The summed E-state index contributed by atoms with van der Waals surface area (Å²) in [6.45, 7) is 3.03. The van der Waals surface area contributed by atoms with E-state index in [1.54, 1.807) is 11.3 Å². The lowest BCUT2D eigenvalue weighted by molar-refractivity contribution is -0.138. The van der Waals surface area contributed by atoms with Crippen LogP contribution >= 0.6 is 11.3 Å². The maximum absolute atomic E-state index is 11.8. The lowest BCUT2D eigenvalue weighted by Gasteiger charge is -2.12. The van der Waals surface area contributed by atoms with Gasteiger partial charge in [0, 0.05) is 18.0 Å². The minimum absolute atomic E-state index is 0.0638. The number of likely N-dealkylation sites (N-methyl/N-ethyl adjacent to an activating group) is 1. The third-order valence-electron chi connectivity index (χ3n) is 2.90. The molecular formula is C12H16N2O2S. The number of likely N-dealkylation sites (tertiary alicyclic amines) is 1. The maximum atomic E-state index is 11.8. The van der Waals surface area contributed by atoms with Crippen molar-refractivity contribution in [2.75, 3.05) is 13.1 Å². The molecular weight excluding hydrogens is 236 g/mol. The molecule has 1 fully saturated rings. The fraction of sp³-hybridized carbons (Fsp3) is 0.500. The van der Waals surface area contributed by atoms with E-state index in [-0.39, 0.29) is 17.9 Å². The molecule has 1 aliphatic rings. The fourth-order valence-corrected chi connectivity index (χ4v) is 2.71. The molecule has 0 bridgehead atoms. The van der Waals surface area contributed by atoms with E-state index in [2.05, 4.69) is 11.4 Å². The van der Waals surface area contributed by atoms with Crippen LogP contribution in [0.2, 0.25) is 0 Å². The molecule has 1 aliphatic heterocycles. The number of hydrogen-bond donors (Lipinski definition) is 1. The van der Waals surface area contributed by atoms with Gasteiger partial charge < -0.3 is 5.32 Å². The fourth-order valence-electron chi connectivity index (χ4n) is 2.00. The van der Waals surface area contributed by atoms with E-state index in [0.717, 1.165) is 13.0 Å². The Morgan fingerprint density at radius 2 is 2.35 bits per heavy atom. The van der Waals surface area contributed by atoms with Crippen LogP contribution in [0.15, 0.2) is 17.5 Å². The minimum atomic E-state index is -0.317. The summed E-state index contributed by atoms with van der Waals surface area (Å²) in [5, 5.41) is 5.20. The molecule has 1 saturated heterocycles. The van der Waals surface area contributed by atoms with Gasteiger partial charge in [-0.3, -0.25) is 14.5 Å². The predicted molar refractivity (Wildman–Crippen MR) is 66.8 cm³/mol. The van der Waals surface area contributed by atoms with Crippen molar-refractivity contribution in [2.24, 2.45) is 0 Å². The molecule has 2 rings (SSSR count). The first kappa shape index (κ1) is 12.3. The average molecular weight is 252 g/mol. The van der Waals surface area contributed by atoms with Gasteiger partial charge in [0.1, 0.15) is 0 Å². The lowest BCUT2D eigenvalue weighted by atomic mass is 10.2. The molecule has 1 N–H and O–H groups in total. The van der Waals surface area contributed by atoms with E-state index in [0.29, 0.717) is 13.0 Å². The first-order chi connectivity index (χ1) is 8.22. The smallest absolute Gasteiger partial charge is 0.246 e. The Kier molecular flexibility index (Phi) is 3.91. The number of imide groups is 1. The summed E-state index contributed by atoms with van der Waals surface area (Å²) in [5.74, 6) is -0.144. The Balaban J connectivity index is 1.80. The molecule has 0 radical (unpaired) electrons. The van der Waals surface area contributed by atoms with Crippen molar-refractivity contribution in [3.05, 3.63) is 22.4 Å². The molecule has 0 aromatic carbocycles. The summed E-state index contributed by atoms with van der Waals surface area (Å²) in [7, 11) is 0. The third-order valence-corrected chi connectivity index (χ3v) is 3.84. The van der Waals surface area contributed by atoms with E-state index in [4.69, 9.17) is 0 Å². The van der Waals surface area contributed by atoms with Gasteiger partial charge in [0.05, 0.1) is 12.5 Å². The van der Waals surface area contributed by atoms with Gasteiger partial charge in [0.2, 0.25) is 11.8 Å². The van der Waals surface area contributed by atoms with Crippen molar-refractivity contribution < 1.29 is 9.59 Å². The van der Waals surface area contributed by atoms with Crippen LogP contribution < -0.4 is 5.32 Å². The Bertz CT molecular complexity index is 403. The normalized spacial score (nSPS) is 20.3. The van der Waals surface area contributed by atoms with Gasteiger partial charge in [-0.25, -0.2) is 0 Å². The summed E-state index contributed by atoms with van der Waals surface area (Å²) in [5.41, 5.74) is 0. The molecule has 1 aromatic rings. The summed E-state index contributed by atoms with van der Waals surface area (Å²) in [4.78, 5) is 25.9. The van der Waals surface area contributed by atoms with Crippen molar-refractivity contribution in [3.63, 3.8) is 0 Å². The van der Waals surface area contributed by atoms with Crippen molar-refractivity contribution in [3.8, 4) is 0 Å². The van der Waals surface area contributed by atoms with Gasteiger partial charge in [0.15, 0.2) is 0 Å². The molecule has 2 amide bonds. The molecule has 0 aliphatic carbocycles. The zero-order valence-electron chi connectivity index (χ0n) is 9.81. The van der Waals surface area contributed by atoms with Gasteiger partial charge in [0.25, 0.3) is 0 Å². The third kappa shape index (κ3) is 2.73. The molecule has 4 nitrogen and oxygen atoms in total. The van der Waals surface area contributed by atoms with E-state index in [1.165, 1.54) is 9.78 Å². The van der Waals surface area contributed by atoms with Crippen LogP contribution in [-0.2, 0) is 16.0 Å². The summed E-state index contributed by atoms with van der Waals surface area (Å²) in [6, 6.07) is 3.78. The molecule has 92 valence electrons. The Morgan fingerprint density at radius 1 is 1.53 bits per heavy atom. The van der Waals surface area contributed by atoms with Crippen LogP contribution in [-0.4, -0.2) is 35.8 Å². The number of amides is 2. The van der Waals surface area contributed by atoms with Crippen LogP contribution in [0.4, 0.5) is 0 Å². The van der Waals surface area contributed by atoms with Gasteiger partial charge in [-0.2, -0.15) is 0 Å². The molecule has 0 saturated carbocycles. The summed E-state index contributed by atoms with van der Waals surface area (Å²) in [6.07, 6.45) is 1.21. The lowest BCUT2D eigenvalue weighted by Crippen LogP contribution is -2.39. The quantitative estimate of drug-likeness (QED) is 0.796. The molecule has 2 heterocycles. The highest BCUT2D eigenvalue weighted by molar-refractivity contribution is 7.09. The predicted octanol–water partition coefficient (Wildman–Crippen LogP) is 1.03. The standard InChI is InChI=1S/C12H16N2O2S/c1-2-14-11(15)8-10(12(14)16)13-6-5-9-4-3-7-17-9/h3-4,7,10,13H,2,5-6,8H2,1H3. The highest BCUT2D eigenvalue weighted by Gasteiger charge is 2.36. The second-order valence-corrected chi connectivity index (χ2v) is 5.05. The Morgan fingerprint density at radius 3 is 2.94 bits per heavy atom. The topological polar surface area (TPSA) is 49.4 Å². The molecule has 17 heavy (non-hydrogen) atoms. The zero-order chi connectivity index (χ0) is 12.3. The number of thiophene rings is 1. The Hall–Kier alpha value is -1.20. The molecule has 5 heteroatoms. The molecule has 1 aromatic heterocycles. The highest BCUT2D eigenvalue weighted by atomic mass is 32.1. The maximum Gasteiger partial charge on any atom is 0.246 e. The SMILES string of the molecule is CCN1C(=O)CC(NCCc2cccs2)C1=O. The number of hydrogen-bond acceptors (Lipinski definition) is 4. The number of carbonyl (C=O) groups excluding carboxylic acids is 2. The highest BCUT2D eigenvalue weighted by Crippen LogP contribution is 2.13. The van der Waals surface area contributed by atoms with Gasteiger partial charge in [-0.1, -0.05) is 6.07 Å². The van der Waals surface area contributed by atoms with Crippen LogP contribution in [0, 0.1) is 0 Å². The van der Waals surface area contributed by atoms with Crippen molar-refractivity contribution in [2.45, 2.75) is 25.8 Å². The van der Waals surface area contributed by atoms with Gasteiger partial charge >= 0.3 is 0 Å². The first-order valence-corrected chi connectivity index (χ1v) is 6.70. The van der Waals surface area contributed by atoms with E-state index >= 15 is 0 Å². The van der Waals surface area contributed by atoms with E-state index in [9.17, 15) is 9.59 Å². The summed E-state index contributed by atoms with van der Waals surface area (Å²) < 4.78 is 0. The molecule has 0 spiro atoms. The Labute approximate surface area is 105 Å². The van der Waals surface area contributed by atoms with E-state index in [1.807, 2.05) is 18.4 Å². The summed E-state index contributed by atoms with van der Waals surface area (Å²) >= 11 is 1.71. The molecule has 1 atom stereocenters. The van der Waals surface area contributed by atoms with Gasteiger partial charge in [-0.15, -0.1) is 11.3 Å². The van der Waals surface area contributed by atoms with Crippen molar-refractivity contribution >= 4 is 23.2 Å². The van der Waals surface area contributed by atoms with Crippen LogP contribution in [0.3, 0.4) is 0 Å². The van der Waals surface area contributed by atoms with Crippen LogP contribution in [0.1, 0.15) is 18.2 Å². The number of rotatable bonds is 5. The first-order valence-electron chi connectivity index (χ1n) is 5.82. The second-order valence-electron chi connectivity index (χ2n) is 4.02. The average Bonchev–Trinajstić information content (AvgIpc) is 2.89. The van der Waals surface area contributed by atoms with Crippen LogP contribution in [0.25, 0.3) is 0 Å². The van der Waals surface area contributed by atoms with Crippen molar-refractivity contribution in [1.82, 2.24) is 10.2 Å². The second kappa shape index (κ2) is 5.42. The van der Waals surface area contributed by atoms with Crippen molar-refractivity contribution in [1.29, 1.82) is 0 Å². The van der Waals surface area contributed by atoms with Crippen LogP contribution in [0.5, 0.6) is 0 Å². The largest absolute Gasteiger partial charge is 0.305 e. The van der Waals surface area contributed by atoms with Gasteiger partial charge in [-0.05, 0) is 24.8 Å². The monoisotopic (exact) mass is 252 g/mol. The number of nitrogens with one attached hydrogen (secondary N) is 1. The number of carbonyl (C=O) groups is 2.